The van der Waals surface area contributed by atoms with Crippen LogP contribution in [0.4, 0.5) is 0 Å². The van der Waals surface area contributed by atoms with Crippen molar-refractivity contribution in [3.05, 3.63) is 76.0 Å². The molecule has 0 fully saturated rings. The summed E-state index contributed by atoms with van der Waals surface area (Å²) in [6, 6.07) is 19.6. The molecule has 2 aromatic carbocycles. The summed E-state index contributed by atoms with van der Waals surface area (Å²) in [6.07, 6.45) is 0.977. The first kappa shape index (κ1) is 12.0. The number of rotatable bonds is 0. The molecular weight excluding hydrogens is 310 g/mol. The van der Waals surface area contributed by atoms with Crippen LogP contribution in [0.2, 0.25) is 0 Å². The number of halogens is 1. The summed E-state index contributed by atoms with van der Waals surface area (Å²) in [6.45, 7) is 2.17. The second-order valence-corrected chi connectivity index (χ2v) is 6.13. The van der Waals surface area contributed by atoms with E-state index in [1.165, 1.54) is 33.8 Å². The highest BCUT2D eigenvalue weighted by Crippen LogP contribution is 2.39. The molecule has 0 atom stereocenters. The molecule has 4 rings (SSSR count). The van der Waals surface area contributed by atoms with E-state index in [1.54, 1.807) is 0 Å². The van der Waals surface area contributed by atoms with Gasteiger partial charge in [-0.1, -0.05) is 36.4 Å². The zero-order valence-electron chi connectivity index (χ0n) is 11.2. The first-order chi connectivity index (χ1) is 9.75. The van der Waals surface area contributed by atoms with Crippen LogP contribution in [0.5, 0.6) is 0 Å². The van der Waals surface area contributed by atoms with Gasteiger partial charge in [-0.15, -0.1) is 0 Å². The van der Waals surface area contributed by atoms with Crippen molar-refractivity contribution in [2.45, 2.75) is 13.3 Å². The van der Waals surface area contributed by atoms with Crippen LogP contribution in [0.25, 0.3) is 16.8 Å². The Bertz CT molecular complexity index is 814. The van der Waals surface area contributed by atoms with Crippen molar-refractivity contribution in [3.63, 3.8) is 0 Å². The molecule has 1 nitrogen and oxygen atoms in total. The standard InChI is InChI=1S/C18H14BrN/c1-12-9-10-14-11-13-5-2-3-6-15(13)16-7-4-8-17(19)18(16)20(12)14/h2-10H,11H2,1H3. The van der Waals surface area contributed by atoms with Gasteiger partial charge in [-0.05, 0) is 52.2 Å². The number of hydrogen-bond acceptors (Lipinski definition) is 0. The van der Waals surface area contributed by atoms with Crippen molar-refractivity contribution in [1.29, 1.82) is 0 Å². The SMILES string of the molecule is Cc1ccc2n1-c1c(Br)cccc1-c1ccccc1C2. The zero-order chi connectivity index (χ0) is 13.7. The maximum Gasteiger partial charge on any atom is 0.0675 e. The van der Waals surface area contributed by atoms with Gasteiger partial charge in [-0.3, -0.25) is 0 Å². The first-order valence-corrected chi connectivity index (χ1v) is 7.59. The third-order valence-electron chi connectivity index (χ3n) is 4.05. The van der Waals surface area contributed by atoms with Gasteiger partial charge in [-0.2, -0.15) is 0 Å². The lowest BCUT2D eigenvalue weighted by molar-refractivity contribution is 0.933. The number of nitrogens with zero attached hydrogens (tertiary/aromatic N) is 1. The van der Waals surface area contributed by atoms with Gasteiger partial charge < -0.3 is 4.57 Å². The normalized spacial score (nSPS) is 12.3. The summed E-state index contributed by atoms with van der Waals surface area (Å²) in [5.41, 5.74) is 7.92. The number of benzene rings is 2. The topological polar surface area (TPSA) is 4.93 Å². The lowest BCUT2D eigenvalue weighted by Gasteiger charge is -2.15. The van der Waals surface area contributed by atoms with Crippen molar-refractivity contribution in [3.8, 4) is 16.8 Å². The van der Waals surface area contributed by atoms with Gasteiger partial charge in [0.1, 0.15) is 0 Å². The Hall–Kier alpha value is -1.80. The highest BCUT2D eigenvalue weighted by atomic mass is 79.9. The summed E-state index contributed by atoms with van der Waals surface area (Å²) in [4.78, 5) is 0. The minimum atomic E-state index is 0.977. The summed E-state index contributed by atoms with van der Waals surface area (Å²) < 4.78 is 3.52. The van der Waals surface area contributed by atoms with E-state index in [4.69, 9.17) is 0 Å². The van der Waals surface area contributed by atoms with E-state index in [0.29, 0.717) is 0 Å². The quantitative estimate of drug-likeness (QED) is 0.423. The molecule has 1 aliphatic rings. The molecule has 0 amide bonds. The number of hydrogen-bond donors (Lipinski definition) is 0. The van der Waals surface area contributed by atoms with Crippen LogP contribution in [-0.4, -0.2) is 4.57 Å². The van der Waals surface area contributed by atoms with E-state index in [1.807, 2.05) is 0 Å². The van der Waals surface area contributed by atoms with Gasteiger partial charge in [0, 0.05) is 27.8 Å². The minimum Gasteiger partial charge on any atom is -0.316 e. The van der Waals surface area contributed by atoms with Gasteiger partial charge in [0.25, 0.3) is 0 Å². The second-order valence-electron chi connectivity index (χ2n) is 5.27. The molecule has 1 aliphatic heterocycles. The number of para-hydroxylation sites is 1. The Balaban J connectivity index is 2.18. The Morgan fingerprint density at radius 3 is 2.60 bits per heavy atom. The van der Waals surface area contributed by atoms with Crippen LogP contribution in [0.15, 0.2) is 59.1 Å². The zero-order valence-corrected chi connectivity index (χ0v) is 12.8. The van der Waals surface area contributed by atoms with Gasteiger partial charge in [-0.25, -0.2) is 0 Å². The molecule has 0 saturated heterocycles. The summed E-state index contributed by atoms with van der Waals surface area (Å²) in [5.74, 6) is 0. The lowest BCUT2D eigenvalue weighted by Crippen LogP contribution is -2.02. The van der Waals surface area contributed by atoms with E-state index in [2.05, 4.69) is 82.0 Å². The van der Waals surface area contributed by atoms with E-state index in [9.17, 15) is 0 Å². The number of aryl methyl sites for hydroxylation is 1. The van der Waals surface area contributed by atoms with Crippen LogP contribution in [0.1, 0.15) is 17.0 Å². The fourth-order valence-electron chi connectivity index (χ4n) is 3.14. The first-order valence-electron chi connectivity index (χ1n) is 6.80. The highest BCUT2D eigenvalue weighted by Gasteiger charge is 2.21. The van der Waals surface area contributed by atoms with Crippen LogP contribution in [0.3, 0.4) is 0 Å². The Kier molecular flexibility index (Phi) is 2.61. The van der Waals surface area contributed by atoms with E-state index in [-0.39, 0.29) is 0 Å². The molecular formula is C18H14BrN. The molecule has 0 aliphatic carbocycles. The predicted molar refractivity (Wildman–Crippen MR) is 86.4 cm³/mol. The smallest absolute Gasteiger partial charge is 0.0675 e. The molecule has 0 radical (unpaired) electrons. The van der Waals surface area contributed by atoms with Crippen molar-refractivity contribution < 1.29 is 0 Å². The molecule has 0 N–H and O–H groups in total. The average molecular weight is 324 g/mol. The van der Waals surface area contributed by atoms with Gasteiger partial charge in [0.15, 0.2) is 0 Å². The molecule has 0 spiro atoms. The monoisotopic (exact) mass is 323 g/mol. The van der Waals surface area contributed by atoms with Crippen LogP contribution < -0.4 is 0 Å². The minimum absolute atomic E-state index is 0.977. The third-order valence-corrected chi connectivity index (χ3v) is 4.69. The van der Waals surface area contributed by atoms with Crippen molar-refractivity contribution >= 4 is 15.9 Å². The van der Waals surface area contributed by atoms with E-state index < -0.39 is 0 Å². The Morgan fingerprint density at radius 1 is 0.900 bits per heavy atom. The molecule has 20 heavy (non-hydrogen) atoms. The Labute approximate surface area is 127 Å². The molecule has 2 heteroatoms. The molecule has 1 aromatic heterocycles. The van der Waals surface area contributed by atoms with Gasteiger partial charge in [0.05, 0.1) is 5.69 Å². The van der Waals surface area contributed by atoms with Gasteiger partial charge in [0.2, 0.25) is 0 Å². The molecule has 2 heterocycles. The van der Waals surface area contributed by atoms with Crippen molar-refractivity contribution in [2.24, 2.45) is 0 Å². The van der Waals surface area contributed by atoms with Gasteiger partial charge >= 0.3 is 0 Å². The number of fused-ring (bicyclic) bond motifs is 5. The number of aromatic nitrogens is 1. The van der Waals surface area contributed by atoms with E-state index in [0.717, 1.165) is 10.9 Å². The Morgan fingerprint density at radius 2 is 1.70 bits per heavy atom. The van der Waals surface area contributed by atoms with Crippen LogP contribution in [-0.2, 0) is 6.42 Å². The van der Waals surface area contributed by atoms with Crippen LogP contribution >= 0.6 is 15.9 Å². The maximum absolute atomic E-state index is 3.74. The van der Waals surface area contributed by atoms with Crippen molar-refractivity contribution in [2.75, 3.05) is 0 Å². The second kappa shape index (κ2) is 4.35. The maximum atomic E-state index is 3.74. The summed E-state index contributed by atoms with van der Waals surface area (Å²) >= 11 is 3.74. The van der Waals surface area contributed by atoms with E-state index >= 15 is 0 Å². The van der Waals surface area contributed by atoms with Crippen molar-refractivity contribution in [1.82, 2.24) is 4.57 Å². The lowest BCUT2D eigenvalue weighted by atomic mass is 9.97. The van der Waals surface area contributed by atoms with Crippen LogP contribution in [0, 0.1) is 6.92 Å². The fourth-order valence-corrected chi connectivity index (χ4v) is 3.69. The summed E-state index contributed by atoms with van der Waals surface area (Å²) in [5, 5.41) is 0. The molecule has 0 bridgehead atoms. The molecule has 0 unspecified atom stereocenters. The third kappa shape index (κ3) is 1.61. The highest BCUT2D eigenvalue weighted by molar-refractivity contribution is 9.10. The molecule has 98 valence electrons. The fraction of sp³-hybridized carbons (Fsp3) is 0.111. The molecule has 3 aromatic rings. The predicted octanol–water partition coefficient (Wildman–Crippen LogP) is 5.12. The average Bonchev–Trinajstić information content (AvgIpc) is 2.73. The largest absolute Gasteiger partial charge is 0.316 e. The molecule has 0 saturated carbocycles. The summed E-state index contributed by atoms with van der Waals surface area (Å²) in [7, 11) is 0.